The van der Waals surface area contributed by atoms with Crippen molar-refractivity contribution in [3.63, 3.8) is 0 Å². The average Bonchev–Trinajstić information content (AvgIpc) is 3.30. The zero-order valence-corrected chi connectivity index (χ0v) is 16.3. The van der Waals surface area contributed by atoms with Crippen LogP contribution >= 0.6 is 23.1 Å². The van der Waals surface area contributed by atoms with Crippen molar-refractivity contribution in [2.24, 2.45) is 0 Å². The Hall–Kier alpha value is -2.64. The number of thioether (sulfide) groups is 1. The molecule has 4 aromatic rings. The van der Waals surface area contributed by atoms with Crippen molar-refractivity contribution < 1.29 is 4.52 Å². The molecule has 136 valence electrons. The molecular formula is C20H17N3O2S2. The Kier molecular flexibility index (Phi) is 4.96. The first kappa shape index (κ1) is 17.8. The van der Waals surface area contributed by atoms with Crippen molar-refractivity contribution in [2.75, 3.05) is 0 Å². The molecule has 0 aliphatic rings. The number of aryl methyl sites for hydroxylation is 1. The van der Waals surface area contributed by atoms with Crippen molar-refractivity contribution in [3.8, 4) is 10.4 Å². The second-order valence-corrected chi connectivity index (χ2v) is 7.99. The summed E-state index contributed by atoms with van der Waals surface area (Å²) in [4.78, 5) is 19.6. The highest BCUT2D eigenvalue weighted by Crippen LogP contribution is 2.32. The van der Waals surface area contributed by atoms with Gasteiger partial charge in [0.25, 0.3) is 5.56 Å². The van der Waals surface area contributed by atoms with Crippen LogP contribution in [-0.2, 0) is 12.3 Å². The summed E-state index contributed by atoms with van der Waals surface area (Å²) in [6.07, 6.45) is 1.71. The lowest BCUT2D eigenvalue weighted by Crippen LogP contribution is -2.22. The molecule has 4 rings (SSSR count). The van der Waals surface area contributed by atoms with Gasteiger partial charge in [-0.25, -0.2) is 4.98 Å². The van der Waals surface area contributed by atoms with Crippen LogP contribution in [0.15, 0.2) is 69.6 Å². The van der Waals surface area contributed by atoms with Gasteiger partial charge in [0.2, 0.25) is 0 Å². The van der Waals surface area contributed by atoms with E-state index < -0.39 is 0 Å². The molecule has 0 radical (unpaired) electrons. The minimum Gasteiger partial charge on any atom is -0.361 e. The lowest BCUT2D eigenvalue weighted by molar-refractivity contribution is 0.393. The van der Waals surface area contributed by atoms with Gasteiger partial charge in [0.1, 0.15) is 10.6 Å². The van der Waals surface area contributed by atoms with Crippen LogP contribution in [0, 0.1) is 6.92 Å². The van der Waals surface area contributed by atoms with Crippen molar-refractivity contribution in [2.45, 2.75) is 24.4 Å². The summed E-state index contributed by atoms with van der Waals surface area (Å²) in [5.74, 6) is 1.35. The van der Waals surface area contributed by atoms with E-state index in [0.29, 0.717) is 22.8 Å². The maximum Gasteiger partial charge on any atom is 0.263 e. The first-order valence-corrected chi connectivity index (χ1v) is 10.2. The fourth-order valence-corrected chi connectivity index (χ4v) is 4.73. The van der Waals surface area contributed by atoms with Crippen molar-refractivity contribution in [1.29, 1.82) is 0 Å². The molecule has 0 aliphatic carbocycles. The number of rotatable bonds is 6. The summed E-state index contributed by atoms with van der Waals surface area (Å²) in [6.45, 7) is 6.04. The van der Waals surface area contributed by atoms with Gasteiger partial charge in [-0.1, -0.05) is 53.3 Å². The monoisotopic (exact) mass is 395 g/mol. The SMILES string of the molecule is C=CCn1c(SCc2cc(C)on2)nc2sc(-c3ccccc3)cc2c1=O. The highest BCUT2D eigenvalue weighted by molar-refractivity contribution is 7.98. The Morgan fingerprint density at radius 3 is 2.81 bits per heavy atom. The normalized spacial score (nSPS) is 11.1. The van der Waals surface area contributed by atoms with E-state index in [0.717, 1.165) is 26.7 Å². The van der Waals surface area contributed by atoms with Gasteiger partial charge in [0, 0.05) is 23.2 Å². The van der Waals surface area contributed by atoms with Gasteiger partial charge in [-0.3, -0.25) is 9.36 Å². The van der Waals surface area contributed by atoms with Gasteiger partial charge in [0.15, 0.2) is 5.16 Å². The standard InChI is InChI=1S/C20H17N3O2S2/c1-3-9-23-19(24)16-11-17(14-7-5-4-6-8-14)27-18(16)21-20(23)26-12-15-10-13(2)25-22-15/h3-8,10-11H,1,9,12H2,2H3. The summed E-state index contributed by atoms with van der Waals surface area (Å²) >= 11 is 3.01. The molecule has 0 fully saturated rings. The third-order valence-electron chi connectivity index (χ3n) is 4.01. The fourth-order valence-electron chi connectivity index (χ4n) is 2.77. The third kappa shape index (κ3) is 3.61. The average molecular weight is 396 g/mol. The Morgan fingerprint density at radius 2 is 2.11 bits per heavy atom. The van der Waals surface area contributed by atoms with Crippen molar-refractivity contribution in [1.82, 2.24) is 14.7 Å². The van der Waals surface area contributed by atoms with Gasteiger partial charge in [-0.2, -0.15) is 0 Å². The third-order valence-corrected chi connectivity index (χ3v) is 6.10. The molecule has 5 nitrogen and oxygen atoms in total. The molecule has 0 bridgehead atoms. The van der Waals surface area contributed by atoms with E-state index in [-0.39, 0.29) is 5.56 Å². The van der Waals surface area contributed by atoms with Gasteiger partial charge < -0.3 is 4.52 Å². The fraction of sp³-hybridized carbons (Fsp3) is 0.150. The van der Waals surface area contributed by atoms with Crippen LogP contribution < -0.4 is 5.56 Å². The predicted octanol–water partition coefficient (Wildman–Crippen LogP) is 4.90. The van der Waals surface area contributed by atoms with E-state index in [2.05, 4.69) is 11.7 Å². The Balaban J connectivity index is 1.76. The van der Waals surface area contributed by atoms with Crippen LogP contribution in [0.2, 0.25) is 0 Å². The molecular weight excluding hydrogens is 378 g/mol. The van der Waals surface area contributed by atoms with E-state index in [1.807, 2.05) is 49.4 Å². The van der Waals surface area contributed by atoms with Gasteiger partial charge >= 0.3 is 0 Å². The molecule has 3 heterocycles. The minimum absolute atomic E-state index is 0.0443. The number of allylic oxidation sites excluding steroid dienone is 1. The van der Waals surface area contributed by atoms with Crippen LogP contribution in [0.4, 0.5) is 0 Å². The van der Waals surface area contributed by atoms with E-state index in [4.69, 9.17) is 9.51 Å². The summed E-state index contributed by atoms with van der Waals surface area (Å²) < 4.78 is 6.77. The number of hydrogen-bond donors (Lipinski definition) is 0. The van der Waals surface area contributed by atoms with Crippen LogP contribution in [0.5, 0.6) is 0 Å². The van der Waals surface area contributed by atoms with Crippen LogP contribution in [0.25, 0.3) is 20.7 Å². The van der Waals surface area contributed by atoms with Crippen molar-refractivity contribution >= 4 is 33.3 Å². The second-order valence-electron chi connectivity index (χ2n) is 6.01. The quantitative estimate of drug-likeness (QED) is 0.264. The Bertz CT molecular complexity index is 1160. The number of hydrogen-bond acceptors (Lipinski definition) is 6. The molecule has 7 heteroatoms. The number of benzene rings is 1. The molecule has 0 unspecified atom stereocenters. The molecule has 0 atom stereocenters. The first-order valence-electron chi connectivity index (χ1n) is 8.41. The van der Waals surface area contributed by atoms with Crippen molar-refractivity contribution in [3.05, 3.63) is 76.9 Å². The van der Waals surface area contributed by atoms with E-state index >= 15 is 0 Å². The molecule has 27 heavy (non-hydrogen) atoms. The molecule has 3 aromatic heterocycles. The molecule has 0 N–H and O–H groups in total. The van der Waals surface area contributed by atoms with Crippen LogP contribution in [0.1, 0.15) is 11.5 Å². The molecule has 0 aliphatic heterocycles. The zero-order chi connectivity index (χ0) is 18.8. The Labute approximate surface area is 164 Å². The smallest absolute Gasteiger partial charge is 0.263 e. The zero-order valence-electron chi connectivity index (χ0n) is 14.7. The lowest BCUT2D eigenvalue weighted by atomic mass is 10.2. The summed E-state index contributed by atoms with van der Waals surface area (Å²) in [7, 11) is 0. The van der Waals surface area contributed by atoms with Crippen LogP contribution in [0.3, 0.4) is 0 Å². The van der Waals surface area contributed by atoms with E-state index in [1.54, 1.807) is 10.6 Å². The molecule has 0 spiro atoms. The number of fused-ring (bicyclic) bond motifs is 1. The number of aromatic nitrogens is 3. The van der Waals surface area contributed by atoms with Gasteiger partial charge in [-0.15, -0.1) is 17.9 Å². The first-order chi connectivity index (χ1) is 13.2. The number of nitrogens with zero attached hydrogens (tertiary/aromatic N) is 3. The van der Waals surface area contributed by atoms with E-state index in [1.165, 1.54) is 23.1 Å². The highest BCUT2D eigenvalue weighted by atomic mass is 32.2. The van der Waals surface area contributed by atoms with Crippen LogP contribution in [-0.4, -0.2) is 14.7 Å². The lowest BCUT2D eigenvalue weighted by Gasteiger charge is -2.08. The predicted molar refractivity (Wildman–Crippen MR) is 110 cm³/mol. The number of thiophene rings is 1. The summed E-state index contributed by atoms with van der Waals surface area (Å²) in [5, 5.41) is 5.31. The maximum absolute atomic E-state index is 13.0. The Morgan fingerprint density at radius 1 is 1.30 bits per heavy atom. The molecule has 0 saturated heterocycles. The van der Waals surface area contributed by atoms with E-state index in [9.17, 15) is 4.79 Å². The topological polar surface area (TPSA) is 60.9 Å². The maximum atomic E-state index is 13.0. The summed E-state index contributed by atoms with van der Waals surface area (Å²) in [6, 6.07) is 13.9. The highest BCUT2D eigenvalue weighted by Gasteiger charge is 2.15. The molecule has 0 amide bonds. The second kappa shape index (κ2) is 7.54. The van der Waals surface area contributed by atoms with Gasteiger partial charge in [-0.05, 0) is 18.6 Å². The minimum atomic E-state index is -0.0443. The molecule has 1 aromatic carbocycles. The van der Waals surface area contributed by atoms with Gasteiger partial charge in [0.05, 0.1) is 11.1 Å². The largest absolute Gasteiger partial charge is 0.361 e. The molecule has 0 saturated carbocycles. The summed E-state index contributed by atoms with van der Waals surface area (Å²) in [5.41, 5.74) is 1.87.